The van der Waals surface area contributed by atoms with Crippen molar-refractivity contribution in [3.63, 3.8) is 0 Å². The van der Waals surface area contributed by atoms with Gasteiger partial charge in [-0.2, -0.15) is 0 Å². The van der Waals surface area contributed by atoms with Gasteiger partial charge < -0.3 is 4.48 Å². The Balaban J connectivity index is 2.64. The summed E-state index contributed by atoms with van der Waals surface area (Å²) < 4.78 is 1.37. The maximum Gasteiger partial charge on any atom is 0.0815 e. The van der Waals surface area contributed by atoms with E-state index in [1.165, 1.54) is 43.5 Å². The van der Waals surface area contributed by atoms with Crippen LogP contribution in [0.3, 0.4) is 0 Å². The average Bonchev–Trinajstić information content (AvgIpc) is 2.16. The van der Waals surface area contributed by atoms with Crippen molar-refractivity contribution < 1.29 is 4.48 Å². The fourth-order valence-electron chi connectivity index (χ4n) is 3.04. The largest absolute Gasteiger partial charge is 0.324 e. The van der Waals surface area contributed by atoms with Gasteiger partial charge >= 0.3 is 0 Å². The molecule has 0 aromatic rings. The van der Waals surface area contributed by atoms with Crippen molar-refractivity contribution in [1.82, 2.24) is 0 Å². The smallest absolute Gasteiger partial charge is 0.0815 e. The lowest BCUT2D eigenvalue weighted by Gasteiger charge is -2.45. The number of hydrogen-bond donors (Lipinski definition) is 0. The number of nitrogens with zero attached hydrogens (tertiary/aromatic N) is 1. The van der Waals surface area contributed by atoms with Gasteiger partial charge in [0.25, 0.3) is 0 Å². The first-order chi connectivity index (χ1) is 6.15. The molecule has 1 heteroatoms. The van der Waals surface area contributed by atoms with Crippen LogP contribution in [-0.2, 0) is 0 Å². The topological polar surface area (TPSA) is 0 Å². The molecule has 0 aliphatic carbocycles. The van der Waals surface area contributed by atoms with E-state index >= 15 is 0 Å². The van der Waals surface area contributed by atoms with Gasteiger partial charge in [-0.1, -0.05) is 13.8 Å². The van der Waals surface area contributed by atoms with E-state index in [2.05, 4.69) is 27.7 Å². The van der Waals surface area contributed by atoms with Crippen molar-refractivity contribution in [3.8, 4) is 0 Å². The van der Waals surface area contributed by atoms with Gasteiger partial charge in [0.15, 0.2) is 0 Å². The van der Waals surface area contributed by atoms with Crippen LogP contribution in [0.2, 0.25) is 0 Å². The van der Waals surface area contributed by atoms with Gasteiger partial charge in [-0.15, -0.1) is 0 Å². The normalized spacial score (nSPS) is 33.2. The van der Waals surface area contributed by atoms with Gasteiger partial charge in [0.05, 0.1) is 26.2 Å². The molecule has 2 atom stereocenters. The predicted molar refractivity (Wildman–Crippen MR) is 58.6 cm³/mol. The molecule has 0 aromatic heterocycles. The molecule has 1 fully saturated rings. The molecule has 1 aliphatic heterocycles. The Morgan fingerprint density at radius 2 is 1.69 bits per heavy atom. The summed E-state index contributed by atoms with van der Waals surface area (Å²) in [5.41, 5.74) is 0. The lowest BCUT2D eigenvalue weighted by molar-refractivity contribution is -0.936. The monoisotopic (exact) mass is 184 g/mol. The van der Waals surface area contributed by atoms with Crippen LogP contribution in [-0.4, -0.2) is 30.7 Å². The second kappa shape index (κ2) is 4.45. The Morgan fingerprint density at radius 1 is 1.08 bits per heavy atom. The molecule has 0 saturated carbocycles. The Kier molecular flexibility index (Phi) is 3.78. The zero-order valence-corrected chi connectivity index (χ0v) is 9.84. The molecule has 1 aliphatic rings. The number of quaternary nitrogens is 1. The van der Waals surface area contributed by atoms with Crippen LogP contribution in [0.15, 0.2) is 0 Å². The first-order valence-corrected chi connectivity index (χ1v) is 6.00. The van der Waals surface area contributed by atoms with Gasteiger partial charge in [0, 0.05) is 11.8 Å². The molecule has 0 amide bonds. The van der Waals surface area contributed by atoms with Crippen LogP contribution in [0.1, 0.15) is 40.5 Å². The highest BCUT2D eigenvalue weighted by Gasteiger charge is 2.34. The van der Waals surface area contributed by atoms with Gasteiger partial charge in [-0.25, -0.2) is 0 Å². The third-order valence-electron chi connectivity index (χ3n) is 4.00. The van der Waals surface area contributed by atoms with Crippen LogP contribution in [0.5, 0.6) is 0 Å². The molecule has 2 unspecified atom stereocenters. The predicted octanol–water partition coefficient (Wildman–Crippen LogP) is 2.91. The molecule has 0 N–H and O–H groups in total. The number of hydrogen-bond acceptors (Lipinski definition) is 0. The van der Waals surface area contributed by atoms with Crippen LogP contribution in [0.4, 0.5) is 0 Å². The summed E-state index contributed by atoms with van der Waals surface area (Å²) in [6.07, 6.45) is 2.85. The van der Waals surface area contributed by atoms with Crippen LogP contribution < -0.4 is 0 Å². The molecule has 1 nitrogen and oxygen atoms in total. The standard InChI is InChI=1S/C12H26N/c1-5-12-8-11(4)9-13(6-2,7-3)10-12/h11-12H,5-10H2,1-4H3/q+1. The molecule has 0 bridgehead atoms. The summed E-state index contributed by atoms with van der Waals surface area (Å²) in [5, 5.41) is 0. The van der Waals surface area contributed by atoms with Crippen molar-refractivity contribution >= 4 is 0 Å². The third-order valence-corrected chi connectivity index (χ3v) is 4.00. The van der Waals surface area contributed by atoms with Gasteiger partial charge in [-0.3, -0.25) is 0 Å². The van der Waals surface area contributed by atoms with E-state index in [1.54, 1.807) is 0 Å². The van der Waals surface area contributed by atoms with Crippen molar-refractivity contribution in [2.45, 2.75) is 40.5 Å². The summed E-state index contributed by atoms with van der Waals surface area (Å²) in [6, 6.07) is 0. The van der Waals surface area contributed by atoms with Gasteiger partial charge in [-0.05, 0) is 26.7 Å². The summed E-state index contributed by atoms with van der Waals surface area (Å²) in [5.74, 6) is 1.93. The highest BCUT2D eigenvalue weighted by molar-refractivity contribution is 4.68. The average molecular weight is 184 g/mol. The van der Waals surface area contributed by atoms with E-state index < -0.39 is 0 Å². The number of rotatable bonds is 3. The zero-order chi connectivity index (χ0) is 9.90. The van der Waals surface area contributed by atoms with E-state index in [-0.39, 0.29) is 0 Å². The fourth-order valence-corrected chi connectivity index (χ4v) is 3.04. The minimum atomic E-state index is 0.943. The van der Waals surface area contributed by atoms with Crippen molar-refractivity contribution in [1.29, 1.82) is 0 Å². The molecule has 13 heavy (non-hydrogen) atoms. The molecule has 1 rings (SSSR count). The summed E-state index contributed by atoms with van der Waals surface area (Å²) in [4.78, 5) is 0. The van der Waals surface area contributed by atoms with Crippen molar-refractivity contribution in [3.05, 3.63) is 0 Å². The maximum absolute atomic E-state index is 2.43. The van der Waals surface area contributed by atoms with Crippen LogP contribution >= 0.6 is 0 Å². The maximum atomic E-state index is 2.43. The second-order valence-electron chi connectivity index (χ2n) is 4.95. The molecule has 0 aromatic carbocycles. The Labute approximate surface area is 83.7 Å². The lowest BCUT2D eigenvalue weighted by atomic mass is 9.87. The quantitative estimate of drug-likeness (QED) is 0.592. The SMILES string of the molecule is CCC1CC(C)C[N+](CC)(CC)C1. The van der Waals surface area contributed by atoms with E-state index in [0.717, 1.165) is 11.8 Å². The summed E-state index contributed by atoms with van der Waals surface area (Å²) in [6.45, 7) is 15.0. The molecule has 78 valence electrons. The Bertz CT molecular complexity index is 149. The molecular formula is C12H26N+. The molecular weight excluding hydrogens is 158 g/mol. The Morgan fingerprint density at radius 3 is 2.15 bits per heavy atom. The third kappa shape index (κ3) is 2.46. The van der Waals surface area contributed by atoms with Crippen LogP contribution in [0.25, 0.3) is 0 Å². The molecule has 1 saturated heterocycles. The summed E-state index contributed by atoms with van der Waals surface area (Å²) in [7, 11) is 0. The van der Waals surface area contributed by atoms with Crippen molar-refractivity contribution in [2.24, 2.45) is 11.8 Å². The zero-order valence-electron chi connectivity index (χ0n) is 9.84. The first-order valence-electron chi connectivity index (χ1n) is 6.00. The van der Waals surface area contributed by atoms with E-state index in [9.17, 15) is 0 Å². The van der Waals surface area contributed by atoms with E-state index in [4.69, 9.17) is 0 Å². The molecule has 1 heterocycles. The minimum absolute atomic E-state index is 0.943. The van der Waals surface area contributed by atoms with E-state index in [0.29, 0.717) is 0 Å². The minimum Gasteiger partial charge on any atom is -0.324 e. The van der Waals surface area contributed by atoms with E-state index in [1.807, 2.05) is 0 Å². The van der Waals surface area contributed by atoms with Gasteiger partial charge in [0.2, 0.25) is 0 Å². The first kappa shape index (κ1) is 11.0. The van der Waals surface area contributed by atoms with Crippen LogP contribution in [0, 0.1) is 11.8 Å². The van der Waals surface area contributed by atoms with Crippen molar-refractivity contribution in [2.75, 3.05) is 26.2 Å². The molecule has 0 spiro atoms. The fraction of sp³-hybridized carbons (Fsp3) is 1.00. The summed E-state index contributed by atoms with van der Waals surface area (Å²) >= 11 is 0. The Hall–Kier alpha value is -0.0400. The second-order valence-corrected chi connectivity index (χ2v) is 4.95. The number of likely N-dealkylation sites (tertiary alicyclic amines) is 1. The van der Waals surface area contributed by atoms with Gasteiger partial charge in [0.1, 0.15) is 0 Å². The highest BCUT2D eigenvalue weighted by Crippen LogP contribution is 2.28. The molecule has 0 radical (unpaired) electrons. The lowest BCUT2D eigenvalue weighted by Crippen LogP contribution is -2.56. The number of piperidine rings is 1. The highest BCUT2D eigenvalue weighted by atomic mass is 15.4.